The average molecular weight is 451 g/mol. The van der Waals surface area contributed by atoms with Crippen LogP contribution in [0.15, 0.2) is 48.6 Å². The molecular formula is C26H27FN4O2. The van der Waals surface area contributed by atoms with Crippen LogP contribution in [0.25, 0.3) is 10.9 Å². The Labute approximate surface area is 198 Å². The molecule has 0 saturated carbocycles. The van der Waals surface area contributed by atoms with Gasteiger partial charge < -0.3 is 15.0 Å². The first kappa shape index (κ1) is 18.8. The van der Waals surface area contributed by atoms with Gasteiger partial charge in [0.1, 0.15) is 17.6 Å². The van der Waals surface area contributed by atoms with Crippen LogP contribution < -0.4 is 10.1 Å². The van der Waals surface area contributed by atoms with Crippen LogP contribution in [-0.4, -0.2) is 42.9 Å². The third-order valence-corrected chi connectivity index (χ3v) is 4.78. The van der Waals surface area contributed by atoms with Crippen LogP contribution in [0, 0.1) is 24.1 Å². The van der Waals surface area contributed by atoms with E-state index in [0.29, 0.717) is 27.8 Å². The quantitative estimate of drug-likeness (QED) is 0.466. The summed E-state index contributed by atoms with van der Waals surface area (Å²) < 4.78 is 51.1. The number of hydrogen-bond donors (Lipinski definition) is 1. The summed E-state index contributed by atoms with van der Waals surface area (Å²) >= 11 is 0. The number of nitriles is 1. The number of ketones is 1. The lowest BCUT2D eigenvalue weighted by Crippen LogP contribution is -2.11. The van der Waals surface area contributed by atoms with E-state index in [2.05, 4.69) is 16.4 Å². The maximum absolute atomic E-state index is 13.8. The number of rotatable bonds is 9. The smallest absolute Gasteiger partial charge is 0.159 e. The molecule has 1 N–H and O–H groups in total. The molecule has 0 saturated heterocycles. The number of carbonyl (C=O) groups is 1. The number of halogens is 1. The largest absolute Gasteiger partial charge is 0.494 e. The Morgan fingerprint density at radius 2 is 2.18 bits per heavy atom. The van der Waals surface area contributed by atoms with E-state index in [1.165, 1.54) is 31.3 Å². The monoisotopic (exact) mass is 450 g/mol. The predicted molar refractivity (Wildman–Crippen MR) is 128 cm³/mol. The lowest BCUT2D eigenvalue weighted by Gasteiger charge is -2.15. The Balaban J connectivity index is 2.17. The molecule has 33 heavy (non-hydrogen) atoms. The fraction of sp³-hybridized carbons (Fsp3) is 0.269. The Bertz CT molecular complexity index is 1430. The molecule has 1 heterocycles. The molecule has 0 atom stereocenters. The van der Waals surface area contributed by atoms with Crippen LogP contribution in [0.3, 0.4) is 0 Å². The zero-order valence-electron chi connectivity index (χ0n) is 22.9. The van der Waals surface area contributed by atoms with Gasteiger partial charge in [0.15, 0.2) is 5.78 Å². The van der Waals surface area contributed by atoms with Gasteiger partial charge in [-0.2, -0.15) is 5.26 Å². The van der Waals surface area contributed by atoms with E-state index >= 15 is 0 Å². The molecule has 1 aromatic heterocycles. The highest BCUT2D eigenvalue weighted by molar-refractivity contribution is 5.98. The number of aromatic nitrogens is 1. The Morgan fingerprint density at radius 3 is 2.85 bits per heavy atom. The normalized spacial score (nSPS) is 14.0. The van der Waals surface area contributed by atoms with E-state index < -0.39 is 18.4 Å². The highest BCUT2D eigenvalue weighted by Gasteiger charge is 2.16. The standard InChI is InChI=1S/C26H27FN4O2/c1-5-33-25-14-24-22(13-18(25)12-21(32)7-6-10-31(3)4)26(19(15-28)16-29-24)30-20-8-9-23(27)17(2)11-20/h6-9,11,13-14,16H,5,10,12H2,1-4H3,(H,29,30)/b7-6+/i5D2,6D,7D. The number of carbonyl (C=O) groups excluding carboxylic acids is 1. The summed E-state index contributed by atoms with van der Waals surface area (Å²) in [6.45, 7) is 0.874. The van der Waals surface area contributed by atoms with E-state index in [1.807, 2.05) is 0 Å². The fourth-order valence-electron chi connectivity index (χ4n) is 3.21. The van der Waals surface area contributed by atoms with Crippen molar-refractivity contribution in [3.63, 3.8) is 0 Å². The van der Waals surface area contributed by atoms with E-state index in [-0.39, 0.29) is 41.7 Å². The van der Waals surface area contributed by atoms with Gasteiger partial charge in [-0.15, -0.1) is 0 Å². The topological polar surface area (TPSA) is 78.3 Å². The number of aryl methyl sites for hydroxylation is 1. The molecule has 0 aliphatic carbocycles. The molecule has 0 radical (unpaired) electrons. The third kappa shape index (κ3) is 5.93. The van der Waals surface area contributed by atoms with Crippen molar-refractivity contribution < 1.29 is 19.4 Å². The number of hydrogen-bond acceptors (Lipinski definition) is 6. The zero-order valence-corrected chi connectivity index (χ0v) is 18.9. The molecule has 0 bridgehead atoms. The van der Waals surface area contributed by atoms with E-state index in [0.717, 1.165) is 0 Å². The number of anilines is 2. The minimum absolute atomic E-state index is 0.0566. The summed E-state index contributed by atoms with van der Waals surface area (Å²) in [6.07, 6.45) is 1.02. The molecule has 170 valence electrons. The molecule has 2 aromatic carbocycles. The number of fused-ring (bicyclic) bond motifs is 1. The minimum atomic E-state index is -2.07. The van der Waals surface area contributed by atoms with Crippen LogP contribution in [0.2, 0.25) is 0 Å². The van der Waals surface area contributed by atoms with E-state index in [4.69, 9.17) is 10.2 Å². The SMILES string of the molecule is [2H]/C(CN(C)C)=C(/[2H])C(=O)Cc1cc2c(Nc3ccc(F)c(C)c3)c(C#N)cnc2cc1OC([2H])([2H])C. The van der Waals surface area contributed by atoms with Gasteiger partial charge in [0.2, 0.25) is 0 Å². The second kappa shape index (κ2) is 10.7. The average Bonchev–Trinajstić information content (AvgIpc) is 2.80. The summed E-state index contributed by atoms with van der Waals surface area (Å²) in [5.41, 5.74) is 2.14. The summed E-state index contributed by atoms with van der Waals surface area (Å²) in [4.78, 5) is 18.9. The second-order valence-electron chi connectivity index (χ2n) is 7.67. The van der Waals surface area contributed by atoms with Gasteiger partial charge in [-0.05, 0) is 63.8 Å². The van der Waals surface area contributed by atoms with Crippen molar-refractivity contribution in [1.82, 2.24) is 9.88 Å². The number of nitrogens with one attached hydrogen (secondary N) is 1. The molecule has 0 spiro atoms. The zero-order chi connectivity index (χ0) is 27.5. The van der Waals surface area contributed by atoms with Gasteiger partial charge in [0.05, 0.1) is 28.8 Å². The van der Waals surface area contributed by atoms with Crippen LogP contribution in [-0.2, 0) is 11.2 Å². The highest BCUT2D eigenvalue weighted by Crippen LogP contribution is 2.34. The first-order valence-electron chi connectivity index (χ1n) is 12.2. The van der Waals surface area contributed by atoms with Crippen molar-refractivity contribution in [1.29, 1.82) is 5.26 Å². The van der Waals surface area contributed by atoms with Gasteiger partial charge in [-0.1, -0.05) is 6.05 Å². The summed E-state index contributed by atoms with van der Waals surface area (Å²) in [7, 11) is 3.45. The van der Waals surface area contributed by atoms with Crippen molar-refractivity contribution in [3.8, 4) is 11.8 Å². The first-order chi connectivity index (χ1) is 17.3. The van der Waals surface area contributed by atoms with Crippen LogP contribution in [0.4, 0.5) is 15.8 Å². The van der Waals surface area contributed by atoms with Crippen molar-refractivity contribution in [3.05, 3.63) is 71.1 Å². The van der Waals surface area contributed by atoms with Gasteiger partial charge in [-0.25, -0.2) is 4.39 Å². The molecule has 0 fully saturated rings. The number of likely N-dealkylation sites (N-methyl/N-ethyl adjacent to an activating group) is 1. The Kier molecular flexibility index (Phi) is 6.09. The van der Waals surface area contributed by atoms with E-state index in [9.17, 15) is 14.4 Å². The second-order valence-corrected chi connectivity index (χ2v) is 7.67. The molecule has 6 nitrogen and oxygen atoms in total. The Hall–Kier alpha value is -3.76. The fourth-order valence-corrected chi connectivity index (χ4v) is 3.21. The maximum Gasteiger partial charge on any atom is 0.159 e. The number of ether oxygens (including phenoxy) is 1. The molecule has 0 aliphatic heterocycles. The molecule has 3 aromatic rings. The molecule has 0 unspecified atom stereocenters. The highest BCUT2D eigenvalue weighted by atomic mass is 19.1. The lowest BCUT2D eigenvalue weighted by molar-refractivity contribution is -0.114. The lowest BCUT2D eigenvalue weighted by atomic mass is 10.0. The number of nitrogens with zero attached hydrogens (tertiary/aromatic N) is 3. The van der Waals surface area contributed by atoms with Gasteiger partial charge in [0, 0.05) is 41.9 Å². The van der Waals surface area contributed by atoms with Crippen molar-refractivity contribution >= 4 is 28.1 Å². The van der Waals surface area contributed by atoms with E-state index in [1.54, 1.807) is 38.1 Å². The Morgan fingerprint density at radius 1 is 1.39 bits per heavy atom. The van der Waals surface area contributed by atoms with Gasteiger partial charge in [-0.3, -0.25) is 9.78 Å². The number of allylic oxidation sites excluding steroid dienone is 1. The number of benzene rings is 2. The third-order valence-electron chi connectivity index (χ3n) is 4.78. The summed E-state index contributed by atoms with van der Waals surface area (Å²) in [6, 6.07) is 8.93. The summed E-state index contributed by atoms with van der Waals surface area (Å²) in [5, 5.41) is 13.3. The maximum atomic E-state index is 13.8. The molecule has 0 aliphatic rings. The van der Waals surface area contributed by atoms with Crippen LogP contribution >= 0.6 is 0 Å². The van der Waals surface area contributed by atoms with Crippen LogP contribution in [0.1, 0.15) is 29.1 Å². The van der Waals surface area contributed by atoms with Crippen molar-refractivity contribution in [2.75, 3.05) is 32.5 Å². The van der Waals surface area contributed by atoms with Crippen LogP contribution in [0.5, 0.6) is 5.75 Å². The number of pyridine rings is 1. The molecule has 3 rings (SSSR count). The van der Waals surface area contributed by atoms with Gasteiger partial charge in [0.25, 0.3) is 0 Å². The summed E-state index contributed by atoms with van der Waals surface area (Å²) in [5.74, 6) is -0.953. The molecule has 7 heteroatoms. The van der Waals surface area contributed by atoms with Gasteiger partial charge >= 0.3 is 0 Å². The molecular weight excluding hydrogens is 419 g/mol. The molecule has 0 amide bonds. The van der Waals surface area contributed by atoms with Crippen molar-refractivity contribution in [2.24, 2.45) is 0 Å². The first-order valence-corrected chi connectivity index (χ1v) is 10.2. The van der Waals surface area contributed by atoms with Crippen molar-refractivity contribution in [2.45, 2.75) is 20.3 Å². The predicted octanol–water partition coefficient (Wildman–Crippen LogP) is 4.93. The minimum Gasteiger partial charge on any atom is -0.494 e.